The molecule has 0 aromatic carbocycles. The molecule has 0 amide bonds. The number of carbonyl (C=O) groups excluding carboxylic acids is 1. The second kappa shape index (κ2) is 11.5. The third kappa shape index (κ3) is 22.8. The Kier molecular flexibility index (Phi) is 12.1. The third-order valence-corrected chi connectivity index (χ3v) is 1.38. The minimum absolute atomic E-state index is 0.0628. The normalized spacial score (nSPS) is 8.62. The molecule has 16 heavy (non-hydrogen) atoms. The van der Waals surface area contributed by atoms with Crippen LogP contribution in [0.25, 0.3) is 0 Å². The molecule has 0 aliphatic carbocycles. The first-order valence-corrected chi connectivity index (χ1v) is 4.97. The molecule has 0 atom stereocenters. The predicted molar refractivity (Wildman–Crippen MR) is 56.0 cm³/mol. The number of hydrogen-bond donors (Lipinski definition) is 2. The zero-order valence-corrected chi connectivity index (χ0v) is 9.56. The van der Waals surface area contributed by atoms with E-state index in [1.807, 2.05) is 0 Å². The smallest absolute Gasteiger partial charge is 0.303 e. The third-order valence-electron chi connectivity index (χ3n) is 1.38. The van der Waals surface area contributed by atoms with Crippen LogP contribution in [0.1, 0.15) is 39.5 Å². The van der Waals surface area contributed by atoms with Gasteiger partial charge in [-0.25, -0.2) is 0 Å². The highest BCUT2D eigenvalue weighted by Crippen LogP contribution is 1.98. The number of esters is 1. The number of carboxylic acid groups (broad SMARTS) is 2. The summed E-state index contributed by atoms with van der Waals surface area (Å²) in [6, 6.07) is 0. The fraction of sp³-hybridized carbons (Fsp3) is 0.700. The number of carboxylic acids is 2. The van der Waals surface area contributed by atoms with Crippen molar-refractivity contribution in [2.45, 2.75) is 39.5 Å². The van der Waals surface area contributed by atoms with Gasteiger partial charge in [0.25, 0.3) is 0 Å². The van der Waals surface area contributed by atoms with Crippen LogP contribution in [-0.4, -0.2) is 34.7 Å². The molecule has 0 rings (SSSR count). The van der Waals surface area contributed by atoms with Crippen molar-refractivity contribution in [3.8, 4) is 0 Å². The number of aliphatic carboxylic acids is 2. The van der Waals surface area contributed by atoms with Crippen LogP contribution in [0.3, 0.4) is 0 Å². The molecule has 94 valence electrons. The zero-order valence-electron chi connectivity index (χ0n) is 9.56. The summed E-state index contributed by atoms with van der Waals surface area (Å²) in [6.07, 6.45) is 1.02. The van der Waals surface area contributed by atoms with Crippen LogP contribution >= 0.6 is 0 Å². The fourth-order valence-corrected chi connectivity index (χ4v) is 0.756. The van der Waals surface area contributed by atoms with Gasteiger partial charge in [-0.05, 0) is 19.8 Å². The van der Waals surface area contributed by atoms with Gasteiger partial charge in [0.15, 0.2) is 0 Å². The van der Waals surface area contributed by atoms with E-state index >= 15 is 0 Å². The van der Waals surface area contributed by atoms with Gasteiger partial charge in [0.2, 0.25) is 0 Å². The molecule has 0 aromatic rings. The molecule has 0 radical (unpaired) electrons. The van der Waals surface area contributed by atoms with Gasteiger partial charge in [0.1, 0.15) is 0 Å². The molecule has 0 saturated carbocycles. The van der Waals surface area contributed by atoms with Gasteiger partial charge >= 0.3 is 17.9 Å². The second-order valence-electron chi connectivity index (χ2n) is 2.92. The van der Waals surface area contributed by atoms with E-state index in [0.717, 1.165) is 0 Å². The maximum absolute atomic E-state index is 9.90. The first-order valence-electron chi connectivity index (χ1n) is 4.97. The molecule has 0 aliphatic rings. The molecule has 0 saturated heterocycles. The minimum atomic E-state index is -0.870. The van der Waals surface area contributed by atoms with Crippen molar-refractivity contribution in [1.29, 1.82) is 0 Å². The van der Waals surface area contributed by atoms with E-state index in [2.05, 4.69) is 4.74 Å². The maximum atomic E-state index is 9.90. The molecule has 0 fully saturated rings. The van der Waals surface area contributed by atoms with Crippen LogP contribution in [0.2, 0.25) is 0 Å². The second-order valence-corrected chi connectivity index (χ2v) is 2.92. The Labute approximate surface area is 94.2 Å². The summed E-state index contributed by atoms with van der Waals surface area (Å²) in [7, 11) is 0. The summed E-state index contributed by atoms with van der Waals surface area (Å²) in [5.41, 5.74) is 0. The van der Waals surface area contributed by atoms with E-state index in [4.69, 9.17) is 10.2 Å². The highest BCUT2D eigenvalue weighted by Gasteiger charge is 1.99. The molecule has 0 unspecified atom stereocenters. The summed E-state index contributed by atoms with van der Waals surface area (Å²) in [6.45, 7) is 3.65. The minimum Gasteiger partial charge on any atom is -0.481 e. The quantitative estimate of drug-likeness (QED) is 0.530. The number of hydrogen-bond acceptors (Lipinski definition) is 4. The molecule has 0 aliphatic heterocycles. The van der Waals surface area contributed by atoms with Gasteiger partial charge in [-0.2, -0.15) is 0 Å². The van der Waals surface area contributed by atoms with Gasteiger partial charge in [-0.1, -0.05) is 0 Å². The zero-order chi connectivity index (χ0) is 13.0. The summed E-state index contributed by atoms with van der Waals surface area (Å²) in [4.78, 5) is 29.6. The Balaban J connectivity index is 0. The molecule has 0 spiro atoms. The SMILES string of the molecule is CCOC(C)=O.O=C(O)CCCCC(=O)O. The molecule has 0 aromatic heterocycles. The lowest BCUT2D eigenvalue weighted by Crippen LogP contribution is -1.97. The fourth-order valence-electron chi connectivity index (χ4n) is 0.756. The van der Waals surface area contributed by atoms with E-state index < -0.39 is 11.9 Å². The van der Waals surface area contributed by atoms with E-state index in [9.17, 15) is 14.4 Å². The van der Waals surface area contributed by atoms with Crippen molar-refractivity contribution < 1.29 is 29.3 Å². The molecule has 6 heteroatoms. The van der Waals surface area contributed by atoms with E-state index in [1.165, 1.54) is 6.92 Å². The van der Waals surface area contributed by atoms with Crippen molar-refractivity contribution in [3.63, 3.8) is 0 Å². The average Bonchev–Trinajstić information content (AvgIpc) is 2.12. The molecule has 6 nitrogen and oxygen atoms in total. The Hall–Kier alpha value is -1.59. The Bertz CT molecular complexity index is 207. The largest absolute Gasteiger partial charge is 0.481 e. The lowest BCUT2D eigenvalue weighted by molar-refractivity contribution is -0.140. The Morgan fingerprint density at radius 2 is 1.38 bits per heavy atom. The van der Waals surface area contributed by atoms with Crippen molar-refractivity contribution in [2.75, 3.05) is 6.61 Å². The molecular weight excluding hydrogens is 216 g/mol. The highest BCUT2D eigenvalue weighted by atomic mass is 16.5. The van der Waals surface area contributed by atoms with E-state index in [1.54, 1.807) is 6.92 Å². The predicted octanol–water partition coefficient (Wildman–Crippen LogP) is 1.29. The van der Waals surface area contributed by atoms with E-state index in [0.29, 0.717) is 19.4 Å². The standard InChI is InChI=1S/C6H10O4.C4H8O2/c7-5(8)3-1-2-4-6(9)10;1-3-6-4(2)5/h1-4H2,(H,7,8)(H,9,10);3H2,1-2H3. The van der Waals surface area contributed by atoms with Crippen LogP contribution in [0.5, 0.6) is 0 Å². The first kappa shape index (κ1) is 16.8. The molecule has 0 heterocycles. The van der Waals surface area contributed by atoms with Crippen LogP contribution in [0, 0.1) is 0 Å². The average molecular weight is 234 g/mol. The van der Waals surface area contributed by atoms with Crippen molar-refractivity contribution in [3.05, 3.63) is 0 Å². The van der Waals surface area contributed by atoms with Gasteiger partial charge in [0, 0.05) is 19.8 Å². The molecular formula is C10H18O6. The number of ether oxygens (including phenoxy) is 1. The lowest BCUT2D eigenvalue weighted by atomic mass is 10.2. The summed E-state index contributed by atoms with van der Waals surface area (Å²) < 4.78 is 4.40. The Morgan fingerprint density at radius 1 is 1.00 bits per heavy atom. The lowest BCUT2D eigenvalue weighted by Gasteiger charge is -1.92. The van der Waals surface area contributed by atoms with Crippen LogP contribution in [0.4, 0.5) is 0 Å². The van der Waals surface area contributed by atoms with Crippen LogP contribution in [0.15, 0.2) is 0 Å². The number of rotatable bonds is 6. The Morgan fingerprint density at radius 3 is 1.50 bits per heavy atom. The number of carbonyl (C=O) groups is 3. The maximum Gasteiger partial charge on any atom is 0.303 e. The summed E-state index contributed by atoms with van der Waals surface area (Å²) >= 11 is 0. The van der Waals surface area contributed by atoms with Gasteiger partial charge in [-0.15, -0.1) is 0 Å². The summed E-state index contributed by atoms with van der Waals surface area (Å²) in [5.74, 6) is -1.95. The summed E-state index contributed by atoms with van der Waals surface area (Å²) in [5, 5.41) is 16.3. The first-order chi connectivity index (χ1) is 7.40. The van der Waals surface area contributed by atoms with E-state index in [-0.39, 0.29) is 18.8 Å². The highest BCUT2D eigenvalue weighted by molar-refractivity contribution is 5.68. The van der Waals surface area contributed by atoms with Crippen molar-refractivity contribution in [1.82, 2.24) is 0 Å². The van der Waals surface area contributed by atoms with Crippen molar-refractivity contribution in [2.24, 2.45) is 0 Å². The molecule has 0 bridgehead atoms. The van der Waals surface area contributed by atoms with Gasteiger partial charge < -0.3 is 14.9 Å². The topological polar surface area (TPSA) is 101 Å². The van der Waals surface area contributed by atoms with Gasteiger partial charge in [0.05, 0.1) is 6.61 Å². The van der Waals surface area contributed by atoms with Gasteiger partial charge in [-0.3, -0.25) is 14.4 Å². The van der Waals surface area contributed by atoms with Crippen LogP contribution in [-0.2, 0) is 19.1 Å². The monoisotopic (exact) mass is 234 g/mol. The number of unbranched alkanes of at least 4 members (excludes halogenated alkanes) is 1. The van der Waals surface area contributed by atoms with Crippen molar-refractivity contribution >= 4 is 17.9 Å². The van der Waals surface area contributed by atoms with Crippen LogP contribution < -0.4 is 0 Å². The molecule has 2 N–H and O–H groups in total.